The lowest BCUT2D eigenvalue weighted by molar-refractivity contribution is 0.669. The molecule has 12 aromatic rings. The van der Waals surface area contributed by atoms with Crippen molar-refractivity contribution in [3.8, 4) is 39.1 Å². The predicted octanol–water partition coefficient (Wildman–Crippen LogP) is 16.3. The number of aromatic nitrogens is 1. The first kappa shape index (κ1) is 34.9. The van der Waals surface area contributed by atoms with E-state index < -0.39 is 0 Å². The van der Waals surface area contributed by atoms with Gasteiger partial charge < -0.3 is 13.9 Å². The van der Waals surface area contributed by atoms with Crippen LogP contribution in [-0.2, 0) is 0 Å². The van der Waals surface area contributed by atoms with E-state index in [1.165, 1.54) is 43.7 Å². The molecule has 10 aromatic carbocycles. The van der Waals surface area contributed by atoms with Crippen molar-refractivity contribution in [2.75, 3.05) is 4.90 Å². The van der Waals surface area contributed by atoms with Crippen LogP contribution in [0.3, 0.4) is 0 Å². The Labute approximate surface area is 353 Å². The van der Waals surface area contributed by atoms with Crippen LogP contribution in [0.4, 0.5) is 17.1 Å². The van der Waals surface area contributed by atoms with Gasteiger partial charge in [-0.05, 0) is 99.3 Å². The fraction of sp³-hybridized carbons (Fsp3) is 0. The summed E-state index contributed by atoms with van der Waals surface area (Å²) in [5.41, 5.74) is 15.3. The number of fused-ring (bicyclic) bond motifs is 8. The van der Waals surface area contributed by atoms with E-state index in [1.54, 1.807) is 0 Å². The number of nitrogens with zero attached hydrogens (tertiary/aromatic N) is 2. The average molecular weight is 779 g/mol. The average Bonchev–Trinajstić information content (AvgIpc) is 3.89. The maximum absolute atomic E-state index is 7.19. The van der Waals surface area contributed by atoms with Crippen molar-refractivity contribution in [1.29, 1.82) is 0 Å². The third kappa shape index (κ3) is 5.74. The molecular formula is C58H38N2O. The van der Waals surface area contributed by atoms with E-state index in [4.69, 9.17) is 4.42 Å². The molecule has 3 heteroatoms. The molecule has 0 saturated carbocycles. The topological polar surface area (TPSA) is 21.3 Å². The van der Waals surface area contributed by atoms with Crippen molar-refractivity contribution in [3.05, 3.63) is 231 Å². The van der Waals surface area contributed by atoms with E-state index in [-0.39, 0.29) is 0 Å². The zero-order valence-corrected chi connectivity index (χ0v) is 33.2. The van der Waals surface area contributed by atoms with Gasteiger partial charge in [-0.2, -0.15) is 0 Å². The summed E-state index contributed by atoms with van der Waals surface area (Å²) in [7, 11) is 0. The summed E-state index contributed by atoms with van der Waals surface area (Å²) in [5, 5.41) is 7.01. The predicted molar refractivity (Wildman–Crippen MR) is 257 cm³/mol. The Morgan fingerprint density at radius 3 is 1.70 bits per heavy atom. The van der Waals surface area contributed by atoms with E-state index in [0.29, 0.717) is 0 Å². The molecule has 2 heterocycles. The van der Waals surface area contributed by atoms with Gasteiger partial charge in [0.2, 0.25) is 0 Å². The van der Waals surface area contributed by atoms with E-state index in [2.05, 4.69) is 240 Å². The van der Waals surface area contributed by atoms with Crippen LogP contribution in [-0.4, -0.2) is 4.57 Å². The minimum atomic E-state index is 0.844. The van der Waals surface area contributed by atoms with Crippen molar-refractivity contribution in [2.45, 2.75) is 0 Å². The van der Waals surface area contributed by atoms with Crippen LogP contribution in [0.25, 0.3) is 93.6 Å². The second-order valence-corrected chi connectivity index (χ2v) is 15.7. The highest BCUT2D eigenvalue weighted by Gasteiger charge is 2.24. The Kier molecular flexibility index (Phi) is 8.17. The van der Waals surface area contributed by atoms with E-state index in [9.17, 15) is 0 Å². The minimum absolute atomic E-state index is 0.844. The molecule has 61 heavy (non-hydrogen) atoms. The molecule has 3 nitrogen and oxygen atoms in total. The van der Waals surface area contributed by atoms with Crippen LogP contribution < -0.4 is 4.90 Å². The summed E-state index contributed by atoms with van der Waals surface area (Å²) in [6.07, 6.45) is 0. The first-order chi connectivity index (χ1) is 30.3. The van der Waals surface area contributed by atoms with Crippen molar-refractivity contribution in [1.82, 2.24) is 4.57 Å². The molecule has 0 aliphatic carbocycles. The standard InChI is InChI=1S/C58H38N2O/c1-4-17-39(18-5-1)40-31-34-44(35-32-40)60(52-28-14-12-23-45(52)41-19-6-2-7-20-41)55-30-16-27-49-57-48-26-11-10-24-46(48)50(38-56(57)61-58(49)55)42-33-36-54-51(37-42)47-25-13-15-29-53(47)59(54)43-21-8-3-9-22-43/h1-38H. The van der Waals surface area contributed by atoms with Gasteiger partial charge >= 0.3 is 0 Å². The third-order valence-corrected chi connectivity index (χ3v) is 12.2. The van der Waals surface area contributed by atoms with E-state index in [0.717, 1.165) is 66.9 Å². The second-order valence-electron chi connectivity index (χ2n) is 15.7. The molecule has 0 aliphatic heterocycles. The number of hydrogen-bond acceptors (Lipinski definition) is 2. The molecule has 0 unspecified atom stereocenters. The van der Waals surface area contributed by atoms with Crippen molar-refractivity contribution in [3.63, 3.8) is 0 Å². The first-order valence-corrected chi connectivity index (χ1v) is 20.8. The molecule has 0 spiro atoms. The summed E-state index contributed by atoms with van der Waals surface area (Å²) in [5.74, 6) is 0. The molecule has 0 bridgehead atoms. The van der Waals surface area contributed by atoms with Crippen LogP contribution in [0.2, 0.25) is 0 Å². The molecular weight excluding hydrogens is 741 g/mol. The monoisotopic (exact) mass is 778 g/mol. The summed E-state index contributed by atoms with van der Waals surface area (Å²) in [4.78, 5) is 2.36. The summed E-state index contributed by atoms with van der Waals surface area (Å²) < 4.78 is 9.56. The first-order valence-electron chi connectivity index (χ1n) is 20.8. The van der Waals surface area contributed by atoms with Gasteiger partial charge in [-0.25, -0.2) is 0 Å². The number of benzene rings is 10. The SMILES string of the molecule is c1ccc(-c2ccc(N(c3ccccc3-c3ccccc3)c3cccc4c3oc3cc(-c5ccc6c(c5)c5ccccc5n6-c5ccccc5)c5ccccc5c34)cc2)cc1. The largest absolute Gasteiger partial charge is 0.454 e. The third-order valence-electron chi connectivity index (χ3n) is 12.2. The zero-order chi connectivity index (χ0) is 40.3. The normalized spacial score (nSPS) is 11.6. The molecule has 0 fully saturated rings. The van der Waals surface area contributed by atoms with Gasteiger partial charge in [-0.3, -0.25) is 0 Å². The Hall–Kier alpha value is -8.14. The number of rotatable bonds is 7. The quantitative estimate of drug-likeness (QED) is 0.161. The van der Waals surface area contributed by atoms with Gasteiger partial charge in [-0.1, -0.05) is 170 Å². The van der Waals surface area contributed by atoms with Crippen LogP contribution in [0.1, 0.15) is 0 Å². The number of hydrogen-bond donors (Lipinski definition) is 0. The minimum Gasteiger partial charge on any atom is -0.454 e. The van der Waals surface area contributed by atoms with Crippen molar-refractivity contribution >= 4 is 71.6 Å². The zero-order valence-electron chi connectivity index (χ0n) is 33.2. The maximum atomic E-state index is 7.19. The lowest BCUT2D eigenvalue weighted by Gasteiger charge is -2.28. The van der Waals surface area contributed by atoms with Crippen LogP contribution in [0, 0.1) is 0 Å². The van der Waals surface area contributed by atoms with Gasteiger partial charge in [0, 0.05) is 38.5 Å². The van der Waals surface area contributed by atoms with Crippen LogP contribution in [0.15, 0.2) is 235 Å². The summed E-state index contributed by atoms with van der Waals surface area (Å²) in [6, 6.07) is 82.6. The van der Waals surface area contributed by atoms with E-state index >= 15 is 0 Å². The van der Waals surface area contributed by atoms with Gasteiger partial charge in [0.25, 0.3) is 0 Å². The molecule has 0 radical (unpaired) electrons. The molecule has 12 rings (SSSR count). The lowest BCUT2D eigenvalue weighted by Crippen LogP contribution is -2.11. The number of anilines is 3. The Balaban J connectivity index is 1.08. The summed E-state index contributed by atoms with van der Waals surface area (Å²) >= 11 is 0. The fourth-order valence-electron chi connectivity index (χ4n) is 9.43. The van der Waals surface area contributed by atoms with Gasteiger partial charge in [0.15, 0.2) is 5.58 Å². The van der Waals surface area contributed by atoms with Crippen molar-refractivity contribution in [2.24, 2.45) is 0 Å². The van der Waals surface area contributed by atoms with Crippen molar-refractivity contribution < 1.29 is 4.42 Å². The maximum Gasteiger partial charge on any atom is 0.159 e. The molecule has 0 aliphatic rings. The molecule has 0 saturated heterocycles. The Morgan fingerprint density at radius 2 is 0.918 bits per heavy atom. The van der Waals surface area contributed by atoms with Crippen LogP contribution >= 0.6 is 0 Å². The molecule has 0 atom stereocenters. The van der Waals surface area contributed by atoms with Gasteiger partial charge in [-0.15, -0.1) is 0 Å². The molecule has 2 aromatic heterocycles. The molecule has 0 N–H and O–H groups in total. The van der Waals surface area contributed by atoms with Crippen LogP contribution in [0.5, 0.6) is 0 Å². The summed E-state index contributed by atoms with van der Waals surface area (Å²) in [6.45, 7) is 0. The second kappa shape index (κ2) is 14.3. The smallest absolute Gasteiger partial charge is 0.159 e. The molecule has 286 valence electrons. The highest BCUT2D eigenvalue weighted by atomic mass is 16.3. The number of para-hydroxylation sites is 4. The highest BCUT2D eigenvalue weighted by Crippen LogP contribution is 2.48. The van der Waals surface area contributed by atoms with Gasteiger partial charge in [0.05, 0.1) is 22.4 Å². The molecule has 0 amide bonds. The lowest BCUT2D eigenvalue weighted by atomic mass is 9.94. The fourth-order valence-corrected chi connectivity index (χ4v) is 9.43. The Morgan fingerprint density at radius 1 is 0.344 bits per heavy atom. The number of furan rings is 1. The Bertz CT molecular complexity index is 3570. The highest BCUT2D eigenvalue weighted by molar-refractivity contribution is 6.24. The van der Waals surface area contributed by atoms with Gasteiger partial charge in [0.1, 0.15) is 5.58 Å². The van der Waals surface area contributed by atoms with E-state index in [1.807, 2.05) is 0 Å².